The van der Waals surface area contributed by atoms with Gasteiger partial charge in [-0.2, -0.15) is 13.2 Å². The van der Waals surface area contributed by atoms with E-state index in [4.69, 9.17) is 0 Å². The first-order valence-electron chi connectivity index (χ1n) is 8.95. The number of nitrogens with one attached hydrogen (secondary N) is 2. The maximum absolute atomic E-state index is 13.8. The molecule has 33 heavy (non-hydrogen) atoms. The Labute approximate surface area is 185 Å². The van der Waals surface area contributed by atoms with Crippen LogP contribution in [0.5, 0.6) is 0 Å². The molecule has 0 unspecified atom stereocenters. The van der Waals surface area contributed by atoms with Crippen LogP contribution in [0.25, 0.3) is 0 Å². The Balaban J connectivity index is 1.77. The van der Waals surface area contributed by atoms with E-state index in [1.807, 2.05) is 0 Å². The van der Waals surface area contributed by atoms with Crippen LogP contribution in [0, 0.1) is 5.82 Å². The van der Waals surface area contributed by atoms with E-state index < -0.39 is 32.9 Å². The number of aromatic nitrogens is 2. The average Bonchev–Trinajstić information content (AvgIpc) is 2.75. The average molecular weight is 485 g/mol. The van der Waals surface area contributed by atoms with Gasteiger partial charge in [0, 0.05) is 18.8 Å². The van der Waals surface area contributed by atoms with Gasteiger partial charge in [-0.25, -0.2) is 27.6 Å². The quantitative estimate of drug-likeness (QED) is 0.384. The van der Waals surface area contributed by atoms with E-state index in [-0.39, 0.29) is 27.5 Å². The number of hydrogen-bond donors (Lipinski definition) is 2. The lowest BCUT2D eigenvalue weighted by atomic mass is 10.3. The van der Waals surface area contributed by atoms with E-state index in [1.54, 1.807) is 6.07 Å². The van der Waals surface area contributed by atoms with Gasteiger partial charge < -0.3 is 15.5 Å². The molecular formula is C19H15F4N5O4S. The molecule has 0 aliphatic rings. The van der Waals surface area contributed by atoms with Crippen LogP contribution in [0.15, 0.2) is 65.8 Å². The Kier molecular flexibility index (Phi) is 6.78. The van der Waals surface area contributed by atoms with E-state index in [1.165, 1.54) is 42.7 Å². The fraction of sp³-hybridized carbons (Fsp3) is 0.105. The third kappa shape index (κ3) is 5.93. The molecule has 0 saturated heterocycles. The summed E-state index contributed by atoms with van der Waals surface area (Å²) in [5.74, 6) is -2.74. The highest BCUT2D eigenvalue weighted by Gasteiger charge is 2.43. The molecule has 1 aromatic heterocycles. The first-order chi connectivity index (χ1) is 15.5. The maximum Gasteiger partial charge on any atom is 0.492 e. The summed E-state index contributed by atoms with van der Waals surface area (Å²) in [5.41, 5.74) is 0.369. The van der Waals surface area contributed by atoms with Crippen LogP contribution in [0.2, 0.25) is 0 Å². The number of halogens is 4. The van der Waals surface area contributed by atoms with Crippen molar-refractivity contribution in [2.75, 3.05) is 17.7 Å². The molecule has 0 spiro atoms. The lowest BCUT2D eigenvalue weighted by molar-refractivity contribution is -0.219. The number of rotatable bonds is 7. The van der Waals surface area contributed by atoms with Gasteiger partial charge in [-0.1, -0.05) is 18.2 Å². The van der Waals surface area contributed by atoms with Gasteiger partial charge in [0.1, 0.15) is 23.8 Å². The molecule has 0 fully saturated rings. The van der Waals surface area contributed by atoms with Gasteiger partial charge >= 0.3 is 12.1 Å². The van der Waals surface area contributed by atoms with Crippen molar-refractivity contribution in [3.63, 3.8) is 0 Å². The molecule has 0 bridgehead atoms. The van der Waals surface area contributed by atoms with Crippen LogP contribution in [0.1, 0.15) is 0 Å². The van der Waals surface area contributed by atoms with Crippen molar-refractivity contribution in [1.29, 1.82) is 0 Å². The van der Waals surface area contributed by atoms with Crippen LogP contribution in [0.3, 0.4) is 0 Å². The van der Waals surface area contributed by atoms with Gasteiger partial charge in [0.25, 0.3) is 10.0 Å². The topological polar surface area (TPSA) is 114 Å². The lowest BCUT2D eigenvalue weighted by Crippen LogP contribution is -2.36. The summed E-state index contributed by atoms with van der Waals surface area (Å²) in [5, 5.41) is 5.58. The smallest absolute Gasteiger partial charge is 0.345 e. The monoisotopic (exact) mass is 485 g/mol. The number of carbonyl (C=O) groups is 1. The van der Waals surface area contributed by atoms with Gasteiger partial charge in [-0.05, 0) is 34.8 Å². The Hall–Kier alpha value is -3.78. The Morgan fingerprint density at radius 2 is 1.67 bits per heavy atom. The molecule has 0 aliphatic carbocycles. The number of alkyl halides is 3. The Morgan fingerprint density at radius 3 is 2.33 bits per heavy atom. The van der Waals surface area contributed by atoms with Gasteiger partial charge in [-0.15, -0.1) is 0 Å². The first-order valence-corrected chi connectivity index (χ1v) is 10.4. The molecule has 2 aromatic carbocycles. The van der Waals surface area contributed by atoms with Crippen LogP contribution >= 0.6 is 0 Å². The molecule has 0 radical (unpaired) electrons. The number of carbonyl (C=O) groups excluding carboxylic acids is 1. The van der Waals surface area contributed by atoms with Gasteiger partial charge in [-0.3, -0.25) is 0 Å². The number of hydrogen-bond acceptors (Lipinski definition) is 8. The number of hydroxylamine groups is 1. The molecule has 0 atom stereocenters. The van der Waals surface area contributed by atoms with Crippen molar-refractivity contribution in [2.24, 2.45) is 0 Å². The van der Waals surface area contributed by atoms with E-state index >= 15 is 0 Å². The molecule has 14 heteroatoms. The summed E-state index contributed by atoms with van der Waals surface area (Å²) in [7, 11) is -3.94. The number of anilines is 4. The normalized spacial score (nSPS) is 11.8. The van der Waals surface area contributed by atoms with Crippen LogP contribution in [-0.2, 0) is 19.7 Å². The highest BCUT2D eigenvalue weighted by Crippen LogP contribution is 2.25. The third-order valence-corrected chi connectivity index (χ3v) is 5.59. The van der Waals surface area contributed by atoms with Crippen LogP contribution < -0.4 is 10.6 Å². The minimum absolute atomic E-state index is 0.173. The molecule has 3 aromatic rings. The predicted molar refractivity (Wildman–Crippen MR) is 109 cm³/mol. The van der Waals surface area contributed by atoms with E-state index in [9.17, 15) is 30.8 Å². The molecule has 3 rings (SSSR count). The van der Waals surface area contributed by atoms with Crippen molar-refractivity contribution >= 4 is 39.0 Å². The molecule has 0 aliphatic heterocycles. The molecule has 174 valence electrons. The molecule has 0 amide bonds. The number of para-hydroxylation sites is 1. The maximum atomic E-state index is 13.8. The molecule has 2 N–H and O–H groups in total. The van der Waals surface area contributed by atoms with Gasteiger partial charge in [0.2, 0.25) is 0 Å². The molecule has 1 heterocycles. The summed E-state index contributed by atoms with van der Waals surface area (Å²) in [6.07, 6.45) is -4.19. The summed E-state index contributed by atoms with van der Waals surface area (Å²) in [4.78, 5) is 22.3. The fourth-order valence-corrected chi connectivity index (χ4v) is 3.43. The molecule has 0 saturated carbocycles. The predicted octanol–water partition coefficient (Wildman–Crippen LogP) is 3.74. The van der Waals surface area contributed by atoms with Gasteiger partial charge in [0.05, 0.1) is 10.6 Å². The summed E-state index contributed by atoms with van der Waals surface area (Å²) in [6, 6.07) is 12.3. The van der Waals surface area contributed by atoms with Crippen molar-refractivity contribution in [3.8, 4) is 0 Å². The zero-order chi connectivity index (χ0) is 24.2. The minimum atomic E-state index is -5.37. The largest absolute Gasteiger partial charge is 0.492 e. The lowest BCUT2D eigenvalue weighted by Gasteiger charge is -2.17. The SMILES string of the molecule is CN(OC(=O)C(F)(F)F)S(=O)(=O)c1cccc(Nc2cc(Nc3ccccc3F)ncn2)c1. The van der Waals surface area contributed by atoms with Crippen molar-refractivity contribution in [3.05, 3.63) is 66.7 Å². The zero-order valence-electron chi connectivity index (χ0n) is 16.7. The first kappa shape index (κ1) is 23.9. The zero-order valence-corrected chi connectivity index (χ0v) is 17.5. The third-order valence-electron chi connectivity index (χ3n) is 3.99. The highest BCUT2D eigenvalue weighted by molar-refractivity contribution is 7.89. The van der Waals surface area contributed by atoms with E-state index in [0.29, 0.717) is 7.05 Å². The minimum Gasteiger partial charge on any atom is -0.345 e. The van der Waals surface area contributed by atoms with Crippen molar-refractivity contribution in [1.82, 2.24) is 14.4 Å². The number of benzene rings is 2. The fourth-order valence-electron chi connectivity index (χ4n) is 2.44. The summed E-state index contributed by atoms with van der Waals surface area (Å²) in [6.45, 7) is 0. The second-order valence-corrected chi connectivity index (χ2v) is 8.27. The second-order valence-electron chi connectivity index (χ2n) is 6.34. The Bertz CT molecular complexity index is 1270. The number of sulfonamides is 1. The standard InChI is InChI=1S/C19H15F4N5O4S/c1-28(32-18(29)19(21,22)23)33(30,31)13-6-4-5-12(9-13)26-16-10-17(25-11-24-16)27-15-8-3-2-7-14(15)20/h2-11H,1H3,(H2,24,25,26,27). The second kappa shape index (κ2) is 9.38. The van der Waals surface area contributed by atoms with Crippen molar-refractivity contribution < 1.29 is 35.6 Å². The summed E-state index contributed by atoms with van der Waals surface area (Å²) < 4.78 is 75.6. The van der Waals surface area contributed by atoms with E-state index in [2.05, 4.69) is 25.4 Å². The molecular weight excluding hydrogens is 470 g/mol. The van der Waals surface area contributed by atoms with Crippen LogP contribution in [-0.4, -0.2) is 42.0 Å². The Morgan fingerprint density at radius 1 is 1.00 bits per heavy atom. The van der Waals surface area contributed by atoms with Crippen molar-refractivity contribution in [2.45, 2.75) is 11.1 Å². The summed E-state index contributed by atoms with van der Waals surface area (Å²) >= 11 is 0. The van der Waals surface area contributed by atoms with Gasteiger partial charge in [0.15, 0.2) is 0 Å². The number of nitrogens with zero attached hydrogens (tertiary/aromatic N) is 3. The van der Waals surface area contributed by atoms with E-state index in [0.717, 1.165) is 12.1 Å². The molecule has 9 nitrogen and oxygen atoms in total. The highest BCUT2D eigenvalue weighted by atomic mass is 32.2. The van der Waals surface area contributed by atoms with Crippen LogP contribution in [0.4, 0.5) is 40.6 Å².